The Morgan fingerprint density at radius 3 is 2.63 bits per heavy atom. The highest BCUT2D eigenvalue weighted by atomic mass is 19.1. The highest BCUT2D eigenvalue weighted by molar-refractivity contribution is 5.81. The molecule has 6 nitrogen and oxygen atoms in total. The molecule has 0 saturated heterocycles. The van der Waals surface area contributed by atoms with Crippen molar-refractivity contribution < 1.29 is 9.13 Å². The number of hydrogen-bond donors (Lipinski definition) is 0. The van der Waals surface area contributed by atoms with Crippen LogP contribution in [-0.2, 0) is 6.54 Å². The first-order valence-electron chi connectivity index (χ1n) is 10.1. The maximum atomic E-state index is 13.6. The maximum absolute atomic E-state index is 13.6. The third kappa shape index (κ3) is 3.30. The number of benzene rings is 1. The lowest BCUT2D eigenvalue weighted by Gasteiger charge is -2.37. The molecule has 0 aliphatic heterocycles. The number of ether oxygens (including phenoxy) is 1. The van der Waals surface area contributed by atoms with E-state index in [1.54, 1.807) is 0 Å². The van der Waals surface area contributed by atoms with E-state index in [9.17, 15) is 4.39 Å². The molecule has 0 unspecified atom stereocenters. The Balaban J connectivity index is 1.69. The van der Waals surface area contributed by atoms with Gasteiger partial charge in [-0.1, -0.05) is 30.3 Å². The van der Waals surface area contributed by atoms with E-state index in [4.69, 9.17) is 9.72 Å². The summed E-state index contributed by atoms with van der Waals surface area (Å²) in [4.78, 5) is 17.6. The van der Waals surface area contributed by atoms with Gasteiger partial charge in [0.05, 0.1) is 6.54 Å². The predicted octanol–water partition coefficient (Wildman–Crippen LogP) is 4.71. The number of imidazole rings is 1. The summed E-state index contributed by atoms with van der Waals surface area (Å²) in [5, 5.41) is 0. The summed E-state index contributed by atoms with van der Waals surface area (Å²) >= 11 is 0. The smallest absolute Gasteiger partial charge is 0.245 e. The first kappa shape index (κ1) is 18.7. The van der Waals surface area contributed by atoms with Crippen LogP contribution in [-0.4, -0.2) is 30.1 Å². The molecule has 0 radical (unpaired) electrons. The van der Waals surface area contributed by atoms with Gasteiger partial charge in [0, 0.05) is 11.8 Å². The van der Waals surface area contributed by atoms with Crippen molar-refractivity contribution in [2.75, 3.05) is 0 Å². The zero-order valence-corrected chi connectivity index (χ0v) is 17.0. The Morgan fingerprint density at radius 1 is 1.13 bits per heavy atom. The van der Waals surface area contributed by atoms with Crippen LogP contribution >= 0.6 is 0 Å². The van der Waals surface area contributed by atoms with Crippen LogP contribution in [0.3, 0.4) is 0 Å². The number of pyridine rings is 1. The molecule has 5 rings (SSSR count). The van der Waals surface area contributed by atoms with Gasteiger partial charge in [0.15, 0.2) is 11.2 Å². The van der Waals surface area contributed by atoms with Crippen LogP contribution in [0.4, 0.5) is 4.39 Å². The van der Waals surface area contributed by atoms with Crippen molar-refractivity contribution in [3.05, 3.63) is 66.0 Å². The zero-order valence-electron chi connectivity index (χ0n) is 17.0. The highest BCUT2D eigenvalue weighted by Gasteiger charge is 2.35. The van der Waals surface area contributed by atoms with Gasteiger partial charge in [-0.25, -0.2) is 15.0 Å². The number of aromatic nitrogens is 5. The van der Waals surface area contributed by atoms with E-state index in [0.717, 1.165) is 36.0 Å². The standard InChI is InChI=1S/C23H22FN5O/c1-15-11-18(24)25-12-17(15)20-28-19-21(29(20)13-16-7-4-3-5-8-16)26-14-27-22(19)30-23(2)9-6-10-23/h3-5,7-8,11-12,14H,6,9-10,13H2,1-2H3. The second-order valence-corrected chi connectivity index (χ2v) is 8.09. The molecule has 7 heteroatoms. The molecule has 0 spiro atoms. The average molecular weight is 403 g/mol. The molecule has 1 aromatic carbocycles. The molecule has 1 fully saturated rings. The summed E-state index contributed by atoms with van der Waals surface area (Å²) in [5.74, 6) is 0.648. The second kappa shape index (κ2) is 7.16. The SMILES string of the molecule is Cc1cc(F)ncc1-c1nc2c(OC3(C)CCC3)ncnc2n1Cc1ccccc1. The number of hydrogen-bond acceptors (Lipinski definition) is 5. The number of nitrogens with zero attached hydrogens (tertiary/aromatic N) is 5. The van der Waals surface area contributed by atoms with Gasteiger partial charge in [-0.3, -0.25) is 0 Å². The number of rotatable bonds is 5. The van der Waals surface area contributed by atoms with Crippen LogP contribution in [0, 0.1) is 12.9 Å². The van der Waals surface area contributed by atoms with Crippen molar-refractivity contribution in [3.63, 3.8) is 0 Å². The lowest BCUT2D eigenvalue weighted by atomic mass is 9.82. The molecule has 30 heavy (non-hydrogen) atoms. The first-order valence-corrected chi connectivity index (χ1v) is 10.1. The van der Waals surface area contributed by atoms with Crippen molar-refractivity contribution in [2.45, 2.75) is 45.3 Å². The van der Waals surface area contributed by atoms with Crippen LogP contribution in [0.2, 0.25) is 0 Å². The molecular weight excluding hydrogens is 381 g/mol. The van der Waals surface area contributed by atoms with Crippen LogP contribution in [0.15, 0.2) is 48.9 Å². The molecule has 0 bridgehead atoms. The third-order valence-electron chi connectivity index (χ3n) is 5.75. The fourth-order valence-electron chi connectivity index (χ4n) is 3.88. The molecule has 3 heterocycles. The topological polar surface area (TPSA) is 65.7 Å². The molecule has 1 aliphatic rings. The van der Waals surface area contributed by atoms with Crippen molar-refractivity contribution in [1.29, 1.82) is 0 Å². The van der Waals surface area contributed by atoms with Crippen molar-refractivity contribution in [1.82, 2.24) is 24.5 Å². The highest BCUT2D eigenvalue weighted by Crippen LogP contribution is 2.38. The van der Waals surface area contributed by atoms with Crippen LogP contribution in [0.5, 0.6) is 5.88 Å². The van der Waals surface area contributed by atoms with E-state index in [1.807, 2.05) is 29.7 Å². The molecular formula is C23H22FN5O. The fraction of sp³-hybridized carbons (Fsp3) is 0.304. The van der Waals surface area contributed by atoms with E-state index in [0.29, 0.717) is 29.4 Å². The maximum Gasteiger partial charge on any atom is 0.245 e. The summed E-state index contributed by atoms with van der Waals surface area (Å²) in [6.07, 6.45) is 6.18. The minimum atomic E-state index is -0.510. The lowest BCUT2D eigenvalue weighted by Crippen LogP contribution is -2.39. The summed E-state index contributed by atoms with van der Waals surface area (Å²) in [7, 11) is 0. The Bertz CT molecular complexity index is 1220. The van der Waals surface area contributed by atoms with Gasteiger partial charge in [-0.15, -0.1) is 0 Å². The molecule has 1 saturated carbocycles. The van der Waals surface area contributed by atoms with Crippen LogP contribution in [0.25, 0.3) is 22.6 Å². The second-order valence-electron chi connectivity index (χ2n) is 8.09. The van der Waals surface area contributed by atoms with Crippen molar-refractivity contribution in [2.24, 2.45) is 0 Å². The van der Waals surface area contributed by atoms with E-state index in [-0.39, 0.29) is 5.60 Å². The van der Waals surface area contributed by atoms with Gasteiger partial charge in [-0.05, 0) is 50.3 Å². The third-order valence-corrected chi connectivity index (χ3v) is 5.75. The molecule has 0 amide bonds. The predicted molar refractivity (Wildman–Crippen MR) is 112 cm³/mol. The fourth-order valence-corrected chi connectivity index (χ4v) is 3.88. The van der Waals surface area contributed by atoms with Gasteiger partial charge in [-0.2, -0.15) is 9.37 Å². The van der Waals surface area contributed by atoms with E-state index >= 15 is 0 Å². The van der Waals surface area contributed by atoms with Gasteiger partial charge in [0.1, 0.15) is 17.8 Å². The van der Waals surface area contributed by atoms with Gasteiger partial charge in [0.25, 0.3) is 0 Å². The first-order chi connectivity index (χ1) is 14.5. The molecule has 152 valence electrons. The molecule has 1 aliphatic carbocycles. The van der Waals surface area contributed by atoms with Crippen LogP contribution in [0.1, 0.15) is 37.3 Å². The Kier molecular flexibility index (Phi) is 4.46. The molecule has 0 atom stereocenters. The monoisotopic (exact) mass is 403 g/mol. The molecule has 4 aromatic rings. The van der Waals surface area contributed by atoms with E-state index < -0.39 is 5.95 Å². The lowest BCUT2D eigenvalue weighted by molar-refractivity contribution is 0.00848. The Morgan fingerprint density at radius 2 is 1.93 bits per heavy atom. The Labute approximate surface area is 173 Å². The van der Waals surface area contributed by atoms with Crippen LogP contribution < -0.4 is 4.74 Å². The molecule has 3 aromatic heterocycles. The van der Waals surface area contributed by atoms with Crippen molar-refractivity contribution >= 4 is 11.2 Å². The van der Waals surface area contributed by atoms with E-state index in [1.165, 1.54) is 18.6 Å². The van der Waals surface area contributed by atoms with Gasteiger partial charge in [0.2, 0.25) is 11.8 Å². The number of halogens is 1. The summed E-state index contributed by atoms with van der Waals surface area (Å²) in [6.45, 7) is 4.52. The largest absolute Gasteiger partial charge is 0.470 e. The number of fused-ring (bicyclic) bond motifs is 1. The summed E-state index contributed by atoms with van der Waals surface area (Å²) in [5.41, 5.74) is 3.71. The van der Waals surface area contributed by atoms with Crippen molar-refractivity contribution in [3.8, 4) is 17.3 Å². The van der Waals surface area contributed by atoms with E-state index in [2.05, 4.69) is 34.0 Å². The minimum Gasteiger partial charge on any atom is -0.470 e. The Hall–Kier alpha value is -3.35. The van der Waals surface area contributed by atoms with Gasteiger partial charge >= 0.3 is 0 Å². The normalized spacial score (nSPS) is 15.2. The van der Waals surface area contributed by atoms with Gasteiger partial charge < -0.3 is 9.30 Å². The number of aryl methyl sites for hydroxylation is 1. The average Bonchev–Trinajstić information content (AvgIpc) is 3.07. The minimum absolute atomic E-state index is 0.210. The quantitative estimate of drug-likeness (QED) is 0.452. The molecule has 0 N–H and O–H groups in total. The zero-order chi connectivity index (χ0) is 20.7. The summed E-state index contributed by atoms with van der Waals surface area (Å²) in [6, 6.07) is 11.5. The summed E-state index contributed by atoms with van der Waals surface area (Å²) < 4.78 is 21.9.